The maximum Gasteiger partial charge on any atom is 0.326 e. The molecule has 0 rings (SSSR count). The molecule has 0 saturated carbocycles. The highest BCUT2D eigenvalue weighted by Gasteiger charge is 2.18. The van der Waals surface area contributed by atoms with E-state index in [2.05, 4.69) is 17.6 Å². The van der Waals surface area contributed by atoms with Crippen molar-refractivity contribution < 1.29 is 19.5 Å². The summed E-state index contributed by atoms with van der Waals surface area (Å²) in [6.07, 6.45) is 14.5. The van der Waals surface area contributed by atoms with Crippen molar-refractivity contribution >= 4 is 17.8 Å². The molecule has 0 heterocycles. The first kappa shape index (κ1) is 26.4. The van der Waals surface area contributed by atoms with Crippen LogP contribution in [-0.2, 0) is 14.4 Å². The van der Waals surface area contributed by atoms with Gasteiger partial charge in [0.05, 0.1) is 0 Å². The van der Waals surface area contributed by atoms with Crippen molar-refractivity contribution in [2.24, 2.45) is 0 Å². The Morgan fingerprint density at radius 1 is 0.714 bits per heavy atom. The van der Waals surface area contributed by atoms with E-state index in [0.717, 1.165) is 19.3 Å². The minimum absolute atomic E-state index is 0.0778. The third-order valence-corrected chi connectivity index (χ3v) is 4.86. The fraction of sp³-hybridized carbons (Fsp3) is 0.864. The Kier molecular flexibility index (Phi) is 17.7. The van der Waals surface area contributed by atoms with Crippen LogP contribution in [0.5, 0.6) is 0 Å². The summed E-state index contributed by atoms with van der Waals surface area (Å²) in [5.41, 5.74) is 0. The molecule has 0 aromatic carbocycles. The van der Waals surface area contributed by atoms with Crippen LogP contribution in [0.1, 0.15) is 110 Å². The van der Waals surface area contributed by atoms with E-state index in [9.17, 15) is 14.4 Å². The molecule has 1 atom stereocenters. The first-order valence-electron chi connectivity index (χ1n) is 11.3. The summed E-state index contributed by atoms with van der Waals surface area (Å²) in [5.74, 6) is -1.14. The van der Waals surface area contributed by atoms with Crippen LogP contribution in [0.25, 0.3) is 0 Å². The van der Waals surface area contributed by atoms with Crippen molar-refractivity contribution in [3.8, 4) is 0 Å². The Morgan fingerprint density at radius 3 is 1.89 bits per heavy atom. The molecule has 0 aromatic heterocycles. The van der Waals surface area contributed by atoms with E-state index in [1.165, 1.54) is 44.9 Å². The quantitative estimate of drug-likeness (QED) is 0.278. The van der Waals surface area contributed by atoms with Gasteiger partial charge in [0.25, 0.3) is 0 Å². The lowest BCUT2D eigenvalue weighted by molar-refractivity contribution is -0.142. The Labute approximate surface area is 171 Å². The van der Waals surface area contributed by atoms with Crippen molar-refractivity contribution in [2.45, 2.75) is 116 Å². The SMILES string of the molecule is CCCCCCCCCCCC(=O)NCCCCC(NC(=O)CCC)C(=O)O. The number of unbranched alkanes of at least 4 members (excludes halogenated alkanes) is 9. The van der Waals surface area contributed by atoms with Crippen LogP contribution in [0, 0.1) is 0 Å². The minimum atomic E-state index is -1.00. The summed E-state index contributed by atoms with van der Waals surface area (Å²) in [7, 11) is 0. The predicted octanol–water partition coefficient (Wildman–Crippen LogP) is 4.56. The largest absolute Gasteiger partial charge is 0.480 e. The number of carbonyl (C=O) groups is 3. The van der Waals surface area contributed by atoms with Crippen molar-refractivity contribution in [1.29, 1.82) is 0 Å². The van der Waals surface area contributed by atoms with Gasteiger partial charge in [0.2, 0.25) is 11.8 Å². The fourth-order valence-corrected chi connectivity index (χ4v) is 3.14. The first-order chi connectivity index (χ1) is 13.5. The number of rotatable bonds is 19. The Balaban J connectivity index is 3.59. The standard InChI is InChI=1S/C22H42N2O4/c1-3-5-6-7-8-9-10-11-12-17-20(25)23-18-14-13-16-19(22(27)28)24-21(26)15-4-2/h19H,3-18H2,1-2H3,(H,23,25)(H,24,26)(H,27,28). The van der Waals surface area contributed by atoms with Gasteiger partial charge >= 0.3 is 5.97 Å². The number of hydrogen-bond acceptors (Lipinski definition) is 3. The molecule has 0 aliphatic carbocycles. The Bertz CT molecular complexity index is 427. The predicted molar refractivity (Wildman–Crippen MR) is 113 cm³/mol. The van der Waals surface area contributed by atoms with Gasteiger partial charge in [-0.1, -0.05) is 65.2 Å². The van der Waals surface area contributed by atoms with Gasteiger partial charge in [-0.05, 0) is 32.1 Å². The maximum absolute atomic E-state index is 11.8. The van der Waals surface area contributed by atoms with Crippen molar-refractivity contribution in [3.05, 3.63) is 0 Å². The Hall–Kier alpha value is -1.59. The molecule has 0 radical (unpaired) electrons. The highest BCUT2D eigenvalue weighted by atomic mass is 16.4. The zero-order valence-corrected chi connectivity index (χ0v) is 18.1. The van der Waals surface area contributed by atoms with Gasteiger partial charge in [0.1, 0.15) is 6.04 Å². The van der Waals surface area contributed by atoms with Gasteiger partial charge in [-0.15, -0.1) is 0 Å². The average Bonchev–Trinajstić information content (AvgIpc) is 2.65. The summed E-state index contributed by atoms with van der Waals surface area (Å²) in [6.45, 7) is 4.67. The van der Waals surface area contributed by atoms with Gasteiger partial charge in [0, 0.05) is 19.4 Å². The second-order valence-electron chi connectivity index (χ2n) is 7.63. The molecular formula is C22H42N2O4. The number of aliphatic carboxylic acids is 1. The number of carboxylic acids is 1. The summed E-state index contributed by atoms with van der Waals surface area (Å²) in [5, 5.41) is 14.6. The lowest BCUT2D eigenvalue weighted by atomic mass is 10.1. The molecule has 6 nitrogen and oxygen atoms in total. The van der Waals surface area contributed by atoms with Crippen LogP contribution in [0.3, 0.4) is 0 Å². The molecule has 0 saturated heterocycles. The van der Waals surface area contributed by atoms with E-state index in [0.29, 0.717) is 38.6 Å². The van der Waals surface area contributed by atoms with Crippen molar-refractivity contribution in [1.82, 2.24) is 10.6 Å². The molecule has 0 spiro atoms. The third-order valence-electron chi connectivity index (χ3n) is 4.86. The van der Waals surface area contributed by atoms with Gasteiger partial charge in [-0.25, -0.2) is 4.79 Å². The van der Waals surface area contributed by atoms with Crippen LogP contribution >= 0.6 is 0 Å². The van der Waals surface area contributed by atoms with Gasteiger partial charge < -0.3 is 15.7 Å². The molecule has 2 amide bonds. The molecule has 0 aliphatic rings. The van der Waals surface area contributed by atoms with Crippen molar-refractivity contribution in [3.63, 3.8) is 0 Å². The van der Waals surface area contributed by atoms with E-state index in [1.54, 1.807) is 0 Å². The van der Waals surface area contributed by atoms with Crippen LogP contribution in [0.2, 0.25) is 0 Å². The fourth-order valence-electron chi connectivity index (χ4n) is 3.14. The van der Waals surface area contributed by atoms with Gasteiger partial charge in [-0.3, -0.25) is 9.59 Å². The molecule has 0 fully saturated rings. The number of carbonyl (C=O) groups excluding carboxylic acids is 2. The monoisotopic (exact) mass is 398 g/mol. The van der Waals surface area contributed by atoms with E-state index in [-0.39, 0.29) is 11.8 Å². The van der Waals surface area contributed by atoms with Gasteiger partial charge in [-0.2, -0.15) is 0 Å². The van der Waals surface area contributed by atoms with Gasteiger partial charge in [0.15, 0.2) is 0 Å². The zero-order chi connectivity index (χ0) is 21.0. The second kappa shape index (κ2) is 18.8. The summed E-state index contributed by atoms with van der Waals surface area (Å²) < 4.78 is 0. The second-order valence-corrected chi connectivity index (χ2v) is 7.63. The molecule has 0 aliphatic heterocycles. The molecule has 28 heavy (non-hydrogen) atoms. The first-order valence-corrected chi connectivity index (χ1v) is 11.3. The molecule has 6 heteroatoms. The van der Waals surface area contributed by atoms with E-state index >= 15 is 0 Å². The molecule has 0 aromatic rings. The Morgan fingerprint density at radius 2 is 1.32 bits per heavy atom. The average molecular weight is 399 g/mol. The smallest absolute Gasteiger partial charge is 0.326 e. The zero-order valence-electron chi connectivity index (χ0n) is 18.1. The van der Waals surface area contributed by atoms with Crippen LogP contribution in [0.15, 0.2) is 0 Å². The summed E-state index contributed by atoms with van der Waals surface area (Å²) in [6, 6.07) is -0.836. The minimum Gasteiger partial charge on any atom is -0.480 e. The van der Waals surface area contributed by atoms with Crippen LogP contribution in [-0.4, -0.2) is 35.5 Å². The normalized spacial score (nSPS) is 11.8. The van der Waals surface area contributed by atoms with Crippen LogP contribution in [0.4, 0.5) is 0 Å². The topological polar surface area (TPSA) is 95.5 Å². The van der Waals surface area contributed by atoms with Crippen LogP contribution < -0.4 is 10.6 Å². The highest BCUT2D eigenvalue weighted by molar-refractivity contribution is 5.83. The molecule has 0 bridgehead atoms. The number of carboxylic acid groups (broad SMARTS) is 1. The molecule has 1 unspecified atom stereocenters. The summed E-state index contributed by atoms with van der Waals surface area (Å²) >= 11 is 0. The number of nitrogens with one attached hydrogen (secondary N) is 2. The maximum atomic E-state index is 11.8. The molecule has 164 valence electrons. The van der Waals surface area contributed by atoms with E-state index in [1.807, 2.05) is 6.92 Å². The molecule has 3 N–H and O–H groups in total. The third kappa shape index (κ3) is 16.6. The number of hydrogen-bond donors (Lipinski definition) is 3. The number of amides is 2. The van der Waals surface area contributed by atoms with E-state index in [4.69, 9.17) is 5.11 Å². The molecular weight excluding hydrogens is 356 g/mol. The highest BCUT2D eigenvalue weighted by Crippen LogP contribution is 2.10. The van der Waals surface area contributed by atoms with E-state index < -0.39 is 12.0 Å². The summed E-state index contributed by atoms with van der Waals surface area (Å²) in [4.78, 5) is 34.5. The van der Waals surface area contributed by atoms with Crippen molar-refractivity contribution in [2.75, 3.05) is 6.54 Å². The lowest BCUT2D eigenvalue weighted by Crippen LogP contribution is -2.40. The lowest BCUT2D eigenvalue weighted by Gasteiger charge is -2.14.